The molecule has 7 aromatic carbocycles. The molecule has 0 spiro atoms. The van der Waals surface area contributed by atoms with Gasteiger partial charge < -0.3 is 64.2 Å². The number of aliphatic hydroxyl groups excluding tert-OH is 1. The van der Waals surface area contributed by atoms with Crippen molar-refractivity contribution in [2.75, 3.05) is 71.1 Å². The van der Waals surface area contributed by atoms with Gasteiger partial charge >= 0.3 is 71.8 Å². The summed E-state index contributed by atoms with van der Waals surface area (Å²) in [6, 6.07) is 43.6. The molecule has 8 aromatic rings. The topological polar surface area (TPSA) is 462 Å². The van der Waals surface area contributed by atoms with Gasteiger partial charge in [0.1, 0.15) is 22.9 Å². The zero-order valence-electron chi connectivity index (χ0n) is 61.1. The van der Waals surface area contributed by atoms with Gasteiger partial charge in [-0.15, -0.1) is 10.1 Å². The van der Waals surface area contributed by atoms with E-state index in [1.165, 1.54) is 87.3 Å². The molecule has 107 heavy (non-hydrogen) atoms. The second-order valence-electron chi connectivity index (χ2n) is 22.3. The molecule has 0 saturated carbocycles. The Hall–Kier alpha value is -8.43. The number of aromatic carboxylic acids is 2. The van der Waals surface area contributed by atoms with Crippen molar-refractivity contribution in [3.05, 3.63) is 250 Å². The first-order valence-electron chi connectivity index (χ1n) is 32.0. The van der Waals surface area contributed by atoms with Crippen LogP contribution in [0, 0.1) is 93.2 Å². The van der Waals surface area contributed by atoms with Gasteiger partial charge in [-0.3, -0.25) is 38.7 Å². The standard InChI is InChI=1S/C23H27N3O2.C13H20N2O.C8H7NO4.2C8H9NO2.C8H10.C2H6.CH4O.2CH4.CH3.2HI.HNO3.H2O4S.H2O.V/c1-17-6-11-21-22(16-17)24-18(2)26(23(21)27)19-7-9-20(10-8-19)28-15-5-14-25-12-3-4-13-25;14-12-4-6-13(7-5-12)16-11-3-10-15-8-1-2-9-15;1-5-2-3-6(8(10)11)7(4-5)9(12)13;1-6-3-4-7(2)8(5-6)9(10)11;1-5-2-3-6(8(10)11)7(9)4-5;1-7-3-5-8(2)6-4-7;2*1-2;;;;;;2-1(3)4;1-5(2,3)4;;/h6-11,16H,3-5,12-15H2,1-2H3;4-7H,1-3,8-11,14H2;2-4H,1H3,(H,10,11);3-5H,1-2H3;2-4H,9H2,1H3,(H,10,11);3-6H,1-2H3;1-2H3;2H,1H3;2*1H4;1H3;2*1H;(H,2,3,4);(H2,1,2,3,4);1H2;/q;;;;;;;;;;-1;;;;;;+2/p-2. The molecule has 33 heteroatoms. The summed E-state index contributed by atoms with van der Waals surface area (Å²) in [7, 11) is -3.04. The first-order valence-corrected chi connectivity index (χ1v) is 42.4. The van der Waals surface area contributed by atoms with E-state index in [-0.39, 0.29) is 60.7 Å². The molecule has 2 aliphatic heterocycles. The van der Waals surface area contributed by atoms with Gasteiger partial charge in [0.15, 0.2) is 0 Å². The molecule has 0 bridgehead atoms. The Morgan fingerprint density at radius 2 is 0.907 bits per heavy atom. The van der Waals surface area contributed by atoms with Gasteiger partial charge in [0.2, 0.25) is 0 Å². The number of ether oxygens (including phenoxy) is 2. The fraction of sp³-hybridized carbons (Fsp3) is 0.365. The van der Waals surface area contributed by atoms with Crippen molar-refractivity contribution in [2.45, 2.75) is 123 Å². The average Bonchev–Trinajstić information content (AvgIpc) is 1.22. The number of nitrogens with zero attached hydrogens (tertiary/aromatic N) is 7. The van der Waals surface area contributed by atoms with Crippen molar-refractivity contribution in [3.63, 3.8) is 0 Å². The van der Waals surface area contributed by atoms with Gasteiger partial charge in [0.25, 0.3) is 22.0 Å². The molecule has 0 amide bonds. The molecule has 2 fully saturated rings. The fourth-order valence-electron chi connectivity index (χ4n) is 9.34. The van der Waals surface area contributed by atoms with E-state index in [4.69, 9.17) is 69.1 Å². The van der Waals surface area contributed by atoms with E-state index in [0.717, 1.165) is 84.7 Å². The summed E-state index contributed by atoms with van der Waals surface area (Å²) in [5.74, 6) is 0.160. The number of nitro benzene ring substituents is 2. The van der Waals surface area contributed by atoms with E-state index in [2.05, 4.69) is 92.9 Å². The number of hydrogen-bond acceptors (Lipinski definition) is 19. The predicted molar refractivity (Wildman–Crippen MR) is 439 cm³/mol. The van der Waals surface area contributed by atoms with Gasteiger partial charge in [0, 0.05) is 49.3 Å². The number of aliphatic hydroxyl groups is 1. The number of anilines is 2. The number of aryl methyl sites for hydroxylation is 8. The quantitative estimate of drug-likeness (QED) is 0.00898. The Bertz CT molecular complexity index is 4010. The van der Waals surface area contributed by atoms with Crippen LogP contribution in [0.5, 0.6) is 11.5 Å². The molecule has 0 unspecified atom stereocenters. The van der Waals surface area contributed by atoms with Crippen molar-refractivity contribution in [1.29, 1.82) is 0 Å². The molecular formula is C74H108I2N9O20SV-. The first kappa shape index (κ1) is 107. The number of nitrogens with two attached hydrogens (primary N) is 2. The van der Waals surface area contributed by atoms with Crippen LogP contribution in [0.3, 0.4) is 0 Å². The van der Waals surface area contributed by atoms with Crippen LogP contribution in [0.15, 0.2) is 150 Å². The Morgan fingerprint density at radius 1 is 0.570 bits per heavy atom. The molecule has 12 N–H and O–H groups in total. The zero-order chi connectivity index (χ0) is 78.4. The summed E-state index contributed by atoms with van der Waals surface area (Å²) in [5.41, 5.74) is 20.4. The van der Waals surface area contributed by atoms with Gasteiger partial charge in [-0.05, 0) is 221 Å². The summed E-state index contributed by atoms with van der Waals surface area (Å²) < 4.78 is 44.8. The monoisotopic (exact) mass is 1780 g/mol. The number of nitrogen functional groups attached to an aromatic ring is 2. The van der Waals surface area contributed by atoms with Gasteiger partial charge in [-0.2, -0.15) is 8.42 Å². The molecule has 0 atom stereocenters. The van der Waals surface area contributed by atoms with Crippen LogP contribution >= 0.6 is 40.0 Å². The van der Waals surface area contributed by atoms with E-state index in [9.17, 15) is 34.6 Å². The SMILES string of the molecule is C.C.CC.CO.Cc1ccc(C(=O)O)c(N)c1.Cc1ccc(C(=O)O)c([N+](=O)[O-])c1.Cc1ccc(C)c([N+](=O)[O-])c1.Cc1ccc(C)cc1.Cc1ccc2c(=O)n(-c3ccc(OCCCN4CCCC4)cc3)c(C)nc2c1.Nc1ccc(OCCCN2CCCC2)cc1.O.O=S(=O)(O)O.O=[N+]([O-])O.[CH3-].[I][V][I]. The average molecular weight is 1780 g/mol. The summed E-state index contributed by atoms with van der Waals surface area (Å²) in [5, 5.41) is 59.3. The molecule has 2 aliphatic rings. The molecule has 595 valence electrons. The number of carboxylic acid groups (broad SMARTS) is 2. The number of rotatable bonds is 15. The number of aromatic nitrogens is 2. The van der Waals surface area contributed by atoms with Crippen molar-refractivity contribution >= 4 is 95.9 Å². The van der Waals surface area contributed by atoms with Crippen LogP contribution in [0.1, 0.15) is 133 Å². The third-order valence-electron chi connectivity index (χ3n) is 14.1. The number of benzene rings is 7. The van der Waals surface area contributed by atoms with Crippen LogP contribution < -0.4 is 26.5 Å². The third kappa shape index (κ3) is 47.1. The molecular weight excluding hydrogens is 1670 g/mol. The number of likely N-dealkylation sites (tertiary alicyclic amines) is 2. The fourth-order valence-corrected chi connectivity index (χ4v) is 9.34. The van der Waals surface area contributed by atoms with Crippen LogP contribution in [0.25, 0.3) is 16.6 Å². The number of hydrogen-bond donors (Lipinski definition) is 8. The van der Waals surface area contributed by atoms with Gasteiger partial charge in [0.05, 0.1) is 45.2 Å². The van der Waals surface area contributed by atoms with E-state index in [1.54, 1.807) is 42.7 Å². The van der Waals surface area contributed by atoms with Gasteiger partial charge in [-0.1, -0.05) is 94.4 Å². The Labute approximate surface area is 657 Å². The number of halogens is 2. The van der Waals surface area contributed by atoms with Crippen LogP contribution in [0.2, 0.25) is 0 Å². The summed E-state index contributed by atoms with van der Waals surface area (Å²) in [6.07, 6.45) is 7.50. The van der Waals surface area contributed by atoms with Gasteiger partial charge in [-0.25, -0.2) is 14.6 Å². The van der Waals surface area contributed by atoms with Crippen molar-refractivity contribution in [1.82, 2.24) is 19.4 Å². The molecule has 3 heterocycles. The first-order chi connectivity index (χ1) is 48.6. The Morgan fingerprint density at radius 3 is 1.28 bits per heavy atom. The summed E-state index contributed by atoms with van der Waals surface area (Å²) in [6.45, 7) is 27.9. The van der Waals surface area contributed by atoms with E-state index < -0.39 is 32.3 Å². The second-order valence-corrected chi connectivity index (χ2v) is 35.0. The van der Waals surface area contributed by atoms with Crippen LogP contribution in [-0.2, 0) is 19.9 Å². The maximum absolute atomic E-state index is 13.0. The number of carbonyl (C=O) groups is 2. The minimum absolute atomic E-state index is 0. The van der Waals surface area contributed by atoms with Crippen molar-refractivity contribution < 1.29 is 87.0 Å². The number of nitro groups is 2. The van der Waals surface area contributed by atoms with E-state index in [0.29, 0.717) is 44.1 Å². The molecule has 2 saturated heterocycles. The molecule has 29 nitrogen and oxygen atoms in total. The van der Waals surface area contributed by atoms with Crippen molar-refractivity contribution in [3.8, 4) is 17.2 Å². The molecule has 0 aliphatic carbocycles. The normalized spacial score (nSPS) is 11.1. The molecule has 10 rings (SSSR count). The van der Waals surface area contributed by atoms with Crippen LogP contribution in [-0.4, -0.2) is 149 Å². The summed E-state index contributed by atoms with van der Waals surface area (Å²) >= 11 is 4.74. The van der Waals surface area contributed by atoms with Crippen LogP contribution in [0.4, 0.5) is 22.7 Å². The van der Waals surface area contributed by atoms with E-state index >= 15 is 0 Å². The molecule has 1 aromatic heterocycles. The maximum atomic E-state index is 13.0. The zero-order valence-corrected chi connectivity index (χ0v) is 67.7. The van der Waals surface area contributed by atoms with E-state index in [1.807, 2.05) is 114 Å². The molecule has 0 radical (unpaired) electrons. The summed E-state index contributed by atoms with van der Waals surface area (Å²) in [4.78, 5) is 71.7. The second kappa shape index (κ2) is 59.6. The minimum atomic E-state index is -4.67. The number of carboxylic acids is 2. The third-order valence-corrected chi connectivity index (χ3v) is 14.1. The Kier molecular flexibility index (Phi) is 59.7. The number of fused-ring (bicyclic) bond motifs is 1. The Balaban J connectivity index is -0.000000386. The van der Waals surface area contributed by atoms with Crippen molar-refractivity contribution in [2.24, 2.45) is 0 Å². The predicted octanol–water partition coefficient (Wildman–Crippen LogP) is 15.7.